The van der Waals surface area contributed by atoms with Crippen LogP contribution in [0.25, 0.3) is 10.2 Å². The average Bonchev–Trinajstić information content (AvgIpc) is 3.02. The van der Waals surface area contributed by atoms with Gasteiger partial charge in [0.15, 0.2) is 0 Å². The predicted octanol–water partition coefficient (Wildman–Crippen LogP) is 4.14. The van der Waals surface area contributed by atoms with Crippen LogP contribution >= 0.6 is 11.3 Å². The number of aryl methyl sites for hydroxylation is 2. The van der Waals surface area contributed by atoms with Crippen molar-refractivity contribution >= 4 is 27.5 Å². The third-order valence-corrected chi connectivity index (χ3v) is 6.51. The van der Waals surface area contributed by atoms with Crippen LogP contribution in [0.15, 0.2) is 29.1 Å². The van der Waals surface area contributed by atoms with Crippen LogP contribution in [0.5, 0.6) is 0 Å². The van der Waals surface area contributed by atoms with Crippen LogP contribution in [0.1, 0.15) is 53.0 Å². The van der Waals surface area contributed by atoms with E-state index in [0.717, 1.165) is 39.7 Å². The van der Waals surface area contributed by atoms with Gasteiger partial charge in [0, 0.05) is 4.88 Å². The Bertz CT molecular complexity index is 1110. The number of hydrogen-bond donors (Lipinski definition) is 0. The SMILES string of the molecule is CCOC(=O)c1cccc(Cn2c(CN(CC)CC)nc3sc(C)c(C)c3c2=O)c1. The van der Waals surface area contributed by atoms with Crippen molar-refractivity contribution in [1.29, 1.82) is 0 Å². The minimum Gasteiger partial charge on any atom is -0.462 e. The lowest BCUT2D eigenvalue weighted by Crippen LogP contribution is -2.31. The van der Waals surface area contributed by atoms with Crippen molar-refractivity contribution < 1.29 is 9.53 Å². The molecule has 3 aromatic rings. The number of nitrogens with zero attached hydrogens (tertiary/aromatic N) is 3. The molecule has 0 bridgehead atoms. The Kier molecular flexibility index (Phi) is 7.05. The van der Waals surface area contributed by atoms with Crippen LogP contribution in [0.2, 0.25) is 0 Å². The van der Waals surface area contributed by atoms with Crippen LogP contribution in [-0.2, 0) is 17.8 Å². The van der Waals surface area contributed by atoms with Gasteiger partial charge in [0.2, 0.25) is 0 Å². The number of carbonyl (C=O) groups excluding carboxylic acids is 1. The topological polar surface area (TPSA) is 64.4 Å². The molecule has 0 amide bonds. The molecule has 0 saturated carbocycles. The highest BCUT2D eigenvalue weighted by molar-refractivity contribution is 7.18. The summed E-state index contributed by atoms with van der Waals surface area (Å²) >= 11 is 1.57. The van der Waals surface area contributed by atoms with Crippen molar-refractivity contribution in [2.45, 2.75) is 47.7 Å². The highest BCUT2D eigenvalue weighted by Gasteiger charge is 2.18. The van der Waals surface area contributed by atoms with Crippen molar-refractivity contribution in [1.82, 2.24) is 14.5 Å². The number of aromatic nitrogens is 2. The highest BCUT2D eigenvalue weighted by Crippen LogP contribution is 2.26. The third-order valence-electron chi connectivity index (χ3n) is 5.41. The normalized spacial score (nSPS) is 11.4. The van der Waals surface area contributed by atoms with Gasteiger partial charge in [-0.25, -0.2) is 9.78 Å². The van der Waals surface area contributed by atoms with Gasteiger partial charge in [-0.1, -0.05) is 26.0 Å². The van der Waals surface area contributed by atoms with E-state index in [1.165, 1.54) is 0 Å². The van der Waals surface area contributed by atoms with Crippen LogP contribution in [0, 0.1) is 13.8 Å². The fourth-order valence-corrected chi connectivity index (χ4v) is 4.53. The summed E-state index contributed by atoms with van der Waals surface area (Å²) in [5.41, 5.74) is 2.33. The van der Waals surface area contributed by atoms with Gasteiger partial charge >= 0.3 is 5.97 Å². The van der Waals surface area contributed by atoms with Crippen LogP contribution in [-0.4, -0.2) is 40.1 Å². The van der Waals surface area contributed by atoms with Gasteiger partial charge in [0.05, 0.1) is 30.6 Å². The van der Waals surface area contributed by atoms with Crippen molar-refractivity contribution in [3.63, 3.8) is 0 Å². The first-order chi connectivity index (χ1) is 14.4. The van der Waals surface area contributed by atoms with Crippen LogP contribution in [0.3, 0.4) is 0 Å². The van der Waals surface area contributed by atoms with Gasteiger partial charge in [0.1, 0.15) is 10.7 Å². The molecule has 0 spiro atoms. The van der Waals surface area contributed by atoms with E-state index >= 15 is 0 Å². The highest BCUT2D eigenvalue weighted by atomic mass is 32.1. The zero-order valence-electron chi connectivity index (χ0n) is 18.3. The lowest BCUT2D eigenvalue weighted by Gasteiger charge is -2.20. The molecule has 6 nitrogen and oxygen atoms in total. The van der Waals surface area contributed by atoms with Gasteiger partial charge in [-0.05, 0) is 57.1 Å². The molecule has 0 unspecified atom stereocenters. The van der Waals surface area contributed by atoms with E-state index in [1.807, 2.05) is 26.0 Å². The van der Waals surface area contributed by atoms with E-state index in [4.69, 9.17) is 9.72 Å². The first-order valence-corrected chi connectivity index (χ1v) is 11.2. The number of fused-ring (bicyclic) bond motifs is 1. The van der Waals surface area contributed by atoms with Crippen molar-refractivity contribution in [3.05, 3.63) is 62.0 Å². The van der Waals surface area contributed by atoms with Crippen LogP contribution in [0.4, 0.5) is 0 Å². The molecule has 3 rings (SSSR count). The second kappa shape index (κ2) is 9.53. The number of benzene rings is 1. The molecule has 30 heavy (non-hydrogen) atoms. The maximum atomic E-state index is 13.5. The molecule has 0 radical (unpaired) electrons. The van der Waals surface area contributed by atoms with Gasteiger partial charge < -0.3 is 4.74 Å². The Labute approximate surface area is 181 Å². The van der Waals surface area contributed by atoms with Crippen LogP contribution < -0.4 is 5.56 Å². The first-order valence-electron chi connectivity index (χ1n) is 10.4. The molecule has 1 aromatic carbocycles. The maximum Gasteiger partial charge on any atom is 0.338 e. The Morgan fingerprint density at radius 2 is 1.93 bits per heavy atom. The van der Waals surface area contributed by atoms with Gasteiger partial charge in [0.25, 0.3) is 5.56 Å². The summed E-state index contributed by atoms with van der Waals surface area (Å²) in [7, 11) is 0. The lowest BCUT2D eigenvalue weighted by molar-refractivity contribution is 0.0526. The summed E-state index contributed by atoms with van der Waals surface area (Å²) < 4.78 is 6.87. The van der Waals surface area contributed by atoms with Gasteiger partial charge in [-0.2, -0.15) is 0 Å². The standard InChI is InChI=1S/C23H29N3O3S/c1-6-25(7-2)14-19-24-21-20(15(4)16(5)30-21)22(27)26(19)13-17-10-9-11-18(12-17)23(28)29-8-3/h9-12H,6-8,13-14H2,1-5H3. The summed E-state index contributed by atoms with van der Waals surface area (Å²) in [6.07, 6.45) is 0. The summed E-state index contributed by atoms with van der Waals surface area (Å²) in [4.78, 5) is 34.7. The minimum atomic E-state index is -0.354. The molecule has 2 heterocycles. The van der Waals surface area contributed by atoms with Crippen molar-refractivity contribution in [2.24, 2.45) is 0 Å². The molecule has 7 heteroatoms. The summed E-state index contributed by atoms with van der Waals surface area (Å²) in [5.74, 6) is 0.395. The molecular formula is C23H29N3O3S. The molecule has 0 fully saturated rings. The van der Waals surface area contributed by atoms with E-state index < -0.39 is 0 Å². The monoisotopic (exact) mass is 427 g/mol. The van der Waals surface area contributed by atoms with E-state index in [1.54, 1.807) is 35.0 Å². The number of hydrogen-bond acceptors (Lipinski definition) is 6. The second-order valence-corrected chi connectivity index (χ2v) is 8.47. The van der Waals surface area contributed by atoms with Crippen molar-refractivity contribution in [3.8, 4) is 0 Å². The summed E-state index contributed by atoms with van der Waals surface area (Å²) in [6, 6.07) is 7.27. The fourth-order valence-electron chi connectivity index (χ4n) is 3.49. The average molecular weight is 428 g/mol. The molecule has 0 atom stereocenters. The predicted molar refractivity (Wildman–Crippen MR) is 121 cm³/mol. The molecule has 0 aliphatic carbocycles. The molecule has 0 aliphatic heterocycles. The maximum absolute atomic E-state index is 13.5. The Balaban J connectivity index is 2.10. The lowest BCUT2D eigenvalue weighted by atomic mass is 10.1. The van der Waals surface area contributed by atoms with E-state index in [9.17, 15) is 9.59 Å². The molecule has 0 saturated heterocycles. The van der Waals surface area contributed by atoms with Crippen molar-refractivity contribution in [2.75, 3.05) is 19.7 Å². The number of carbonyl (C=O) groups is 1. The number of ether oxygens (including phenoxy) is 1. The largest absolute Gasteiger partial charge is 0.462 e. The molecule has 160 valence electrons. The van der Waals surface area contributed by atoms with Gasteiger partial charge in [-0.15, -0.1) is 11.3 Å². The van der Waals surface area contributed by atoms with E-state index in [-0.39, 0.29) is 11.5 Å². The van der Waals surface area contributed by atoms with E-state index in [2.05, 4.69) is 18.7 Å². The molecule has 0 N–H and O–H groups in total. The Morgan fingerprint density at radius 1 is 1.20 bits per heavy atom. The zero-order valence-corrected chi connectivity index (χ0v) is 19.1. The zero-order chi connectivity index (χ0) is 21.8. The third kappa shape index (κ3) is 4.47. The Morgan fingerprint density at radius 3 is 2.60 bits per heavy atom. The fraction of sp³-hybridized carbons (Fsp3) is 0.435. The minimum absolute atomic E-state index is 0.0226. The number of rotatable bonds is 8. The summed E-state index contributed by atoms with van der Waals surface area (Å²) in [5, 5.41) is 0.697. The molecule has 0 aliphatic rings. The quantitative estimate of drug-likeness (QED) is 0.506. The number of thiophene rings is 1. The van der Waals surface area contributed by atoms with E-state index in [0.29, 0.717) is 30.6 Å². The Hall–Kier alpha value is -2.51. The first kappa shape index (κ1) is 22.2. The smallest absolute Gasteiger partial charge is 0.338 e. The molecule has 2 aromatic heterocycles. The van der Waals surface area contributed by atoms with Gasteiger partial charge in [-0.3, -0.25) is 14.3 Å². The number of esters is 1. The summed E-state index contributed by atoms with van der Waals surface area (Å²) in [6.45, 7) is 13.0. The second-order valence-electron chi connectivity index (χ2n) is 7.26. The molecular weight excluding hydrogens is 398 g/mol.